The minimum atomic E-state index is -0.307. The van der Waals surface area contributed by atoms with Crippen molar-refractivity contribution >= 4 is 6.03 Å². The molecule has 0 aliphatic heterocycles. The fraction of sp³-hybridized carbons (Fsp3) is 0.462. The Hall–Kier alpha value is -1.62. The molecule has 0 spiro atoms. The highest BCUT2D eigenvalue weighted by molar-refractivity contribution is 5.75. The van der Waals surface area contributed by atoms with E-state index in [1.54, 1.807) is 13.0 Å². The third kappa shape index (κ3) is 2.79. The summed E-state index contributed by atoms with van der Waals surface area (Å²) in [5.74, 6) is -0.243. The number of carbonyl (C=O) groups excluding carboxylic acids is 1. The maximum absolute atomic E-state index is 13.0. The fourth-order valence-electron chi connectivity index (χ4n) is 2.21. The lowest BCUT2D eigenvalue weighted by Gasteiger charge is -2.17. The van der Waals surface area contributed by atoms with Crippen LogP contribution in [0.5, 0.6) is 0 Å². The van der Waals surface area contributed by atoms with Crippen molar-refractivity contribution in [3.63, 3.8) is 0 Å². The summed E-state index contributed by atoms with van der Waals surface area (Å²) in [5.41, 5.74) is 1.93. The van der Waals surface area contributed by atoms with E-state index in [-0.39, 0.29) is 30.5 Å². The minimum absolute atomic E-state index is 0.0773. The van der Waals surface area contributed by atoms with E-state index in [2.05, 4.69) is 10.6 Å². The lowest BCUT2D eigenvalue weighted by Crippen LogP contribution is -2.43. The van der Waals surface area contributed by atoms with Gasteiger partial charge in [0.25, 0.3) is 0 Å². The van der Waals surface area contributed by atoms with E-state index in [0.29, 0.717) is 0 Å². The number of aliphatic hydroxyl groups is 1. The molecule has 98 valence electrons. The lowest BCUT2D eigenvalue weighted by atomic mass is 10.1. The van der Waals surface area contributed by atoms with Gasteiger partial charge < -0.3 is 15.7 Å². The van der Waals surface area contributed by atoms with Crippen LogP contribution in [-0.2, 0) is 6.42 Å². The average molecular weight is 252 g/mol. The number of hydrogen-bond donors (Lipinski definition) is 3. The number of rotatable bonds is 3. The Balaban J connectivity index is 1.99. The van der Waals surface area contributed by atoms with Gasteiger partial charge in [0.15, 0.2) is 0 Å². The first-order chi connectivity index (χ1) is 8.60. The number of carbonyl (C=O) groups is 1. The molecule has 3 N–H and O–H groups in total. The molecule has 5 heteroatoms. The van der Waals surface area contributed by atoms with Crippen LogP contribution in [0.25, 0.3) is 0 Å². The summed E-state index contributed by atoms with van der Waals surface area (Å²) in [6.45, 7) is 1.62. The predicted molar refractivity (Wildman–Crippen MR) is 65.7 cm³/mol. The molecule has 2 amide bonds. The molecule has 2 rings (SSSR count). The summed E-state index contributed by atoms with van der Waals surface area (Å²) in [7, 11) is 0. The Morgan fingerprint density at radius 2 is 2.39 bits per heavy atom. The Morgan fingerprint density at radius 3 is 3.11 bits per heavy atom. The van der Waals surface area contributed by atoms with Gasteiger partial charge in [0, 0.05) is 0 Å². The topological polar surface area (TPSA) is 61.4 Å². The molecular formula is C13H17FN2O2. The molecule has 0 saturated carbocycles. The van der Waals surface area contributed by atoms with Crippen LogP contribution >= 0.6 is 0 Å². The molecule has 18 heavy (non-hydrogen) atoms. The molecule has 2 atom stereocenters. The number of nitrogens with one attached hydrogen (secondary N) is 2. The van der Waals surface area contributed by atoms with E-state index in [1.165, 1.54) is 12.1 Å². The van der Waals surface area contributed by atoms with Crippen LogP contribution in [0.15, 0.2) is 18.2 Å². The number of urea groups is 1. The minimum Gasteiger partial charge on any atom is -0.394 e. The molecule has 1 aromatic rings. The highest BCUT2D eigenvalue weighted by Crippen LogP contribution is 2.31. The Kier molecular flexibility index (Phi) is 3.81. The Bertz CT molecular complexity index is 451. The van der Waals surface area contributed by atoms with Crippen molar-refractivity contribution in [3.8, 4) is 0 Å². The Morgan fingerprint density at radius 1 is 1.61 bits per heavy atom. The molecule has 0 bridgehead atoms. The van der Waals surface area contributed by atoms with Gasteiger partial charge in [-0.15, -0.1) is 0 Å². The van der Waals surface area contributed by atoms with Gasteiger partial charge in [0.1, 0.15) is 5.82 Å². The van der Waals surface area contributed by atoms with Gasteiger partial charge in [-0.1, -0.05) is 6.07 Å². The quantitative estimate of drug-likeness (QED) is 0.763. The molecule has 2 unspecified atom stereocenters. The molecule has 1 aromatic carbocycles. The van der Waals surface area contributed by atoms with Gasteiger partial charge in [-0.3, -0.25) is 0 Å². The normalized spacial score (nSPS) is 19.2. The maximum Gasteiger partial charge on any atom is 0.315 e. The highest BCUT2D eigenvalue weighted by atomic mass is 19.1. The van der Waals surface area contributed by atoms with Gasteiger partial charge in [0.05, 0.1) is 18.7 Å². The first kappa shape index (κ1) is 12.8. The smallest absolute Gasteiger partial charge is 0.315 e. The largest absolute Gasteiger partial charge is 0.394 e. The zero-order chi connectivity index (χ0) is 13.1. The zero-order valence-electron chi connectivity index (χ0n) is 10.2. The second-order valence-electron chi connectivity index (χ2n) is 4.64. The molecular weight excluding hydrogens is 235 g/mol. The average Bonchev–Trinajstić information content (AvgIpc) is 2.71. The highest BCUT2D eigenvalue weighted by Gasteiger charge is 2.24. The summed E-state index contributed by atoms with van der Waals surface area (Å²) in [6.07, 6.45) is 1.55. The molecule has 1 aliphatic rings. The van der Waals surface area contributed by atoms with Crippen LogP contribution in [0.4, 0.5) is 9.18 Å². The second kappa shape index (κ2) is 5.35. The number of amides is 2. The van der Waals surface area contributed by atoms with Gasteiger partial charge in [-0.05, 0) is 43.0 Å². The van der Waals surface area contributed by atoms with Crippen LogP contribution in [-0.4, -0.2) is 23.8 Å². The van der Waals surface area contributed by atoms with E-state index >= 15 is 0 Å². The number of fused-ring (bicyclic) bond motifs is 1. The van der Waals surface area contributed by atoms with Crippen molar-refractivity contribution in [2.24, 2.45) is 0 Å². The van der Waals surface area contributed by atoms with Gasteiger partial charge in [-0.25, -0.2) is 9.18 Å². The van der Waals surface area contributed by atoms with E-state index in [9.17, 15) is 9.18 Å². The van der Waals surface area contributed by atoms with E-state index < -0.39 is 0 Å². The van der Waals surface area contributed by atoms with Gasteiger partial charge in [0.2, 0.25) is 0 Å². The summed E-state index contributed by atoms with van der Waals surface area (Å²) < 4.78 is 13.0. The van der Waals surface area contributed by atoms with Crippen molar-refractivity contribution in [3.05, 3.63) is 35.1 Å². The summed E-state index contributed by atoms with van der Waals surface area (Å²) in [6, 6.07) is 3.99. The SMILES string of the molecule is CC(CO)NC(=O)NC1CCc2cc(F)ccc21. The molecule has 4 nitrogen and oxygen atoms in total. The predicted octanol–water partition coefficient (Wildman–Crippen LogP) is 1.49. The standard InChI is InChI=1S/C13H17FN2O2/c1-8(7-17)15-13(18)16-12-5-2-9-6-10(14)3-4-11(9)12/h3-4,6,8,12,17H,2,5,7H2,1H3,(H2,15,16,18). The van der Waals surface area contributed by atoms with E-state index in [4.69, 9.17) is 5.11 Å². The third-order valence-electron chi connectivity index (χ3n) is 3.14. The van der Waals surface area contributed by atoms with Crippen molar-refractivity contribution in [2.45, 2.75) is 31.8 Å². The van der Waals surface area contributed by atoms with Crippen molar-refractivity contribution in [2.75, 3.05) is 6.61 Å². The maximum atomic E-state index is 13.0. The van der Waals surface area contributed by atoms with E-state index in [1.807, 2.05) is 0 Å². The van der Waals surface area contributed by atoms with Crippen molar-refractivity contribution < 1.29 is 14.3 Å². The molecule has 0 radical (unpaired) electrons. The number of hydrogen-bond acceptors (Lipinski definition) is 2. The summed E-state index contributed by atoms with van der Waals surface area (Å²) in [4.78, 5) is 11.6. The van der Waals surface area contributed by atoms with Gasteiger partial charge in [-0.2, -0.15) is 0 Å². The van der Waals surface area contributed by atoms with E-state index in [0.717, 1.165) is 24.0 Å². The van der Waals surface area contributed by atoms with Crippen molar-refractivity contribution in [1.82, 2.24) is 10.6 Å². The first-order valence-electron chi connectivity index (χ1n) is 6.06. The number of aryl methyl sites for hydroxylation is 1. The summed E-state index contributed by atoms with van der Waals surface area (Å²) in [5, 5.41) is 14.3. The molecule has 0 aromatic heterocycles. The monoisotopic (exact) mass is 252 g/mol. The zero-order valence-corrected chi connectivity index (χ0v) is 10.2. The van der Waals surface area contributed by atoms with Crippen LogP contribution in [0.2, 0.25) is 0 Å². The number of aliphatic hydroxyl groups excluding tert-OH is 1. The molecule has 1 aliphatic carbocycles. The lowest BCUT2D eigenvalue weighted by molar-refractivity contribution is 0.217. The van der Waals surface area contributed by atoms with Crippen LogP contribution < -0.4 is 10.6 Å². The summed E-state index contributed by atoms with van der Waals surface area (Å²) >= 11 is 0. The number of halogens is 1. The van der Waals surface area contributed by atoms with Crippen LogP contribution in [0, 0.1) is 5.82 Å². The third-order valence-corrected chi connectivity index (χ3v) is 3.14. The van der Waals surface area contributed by atoms with Crippen LogP contribution in [0.1, 0.15) is 30.5 Å². The molecule has 0 heterocycles. The Labute approximate surface area is 105 Å². The van der Waals surface area contributed by atoms with Crippen LogP contribution in [0.3, 0.4) is 0 Å². The second-order valence-corrected chi connectivity index (χ2v) is 4.64. The number of benzene rings is 1. The first-order valence-corrected chi connectivity index (χ1v) is 6.06. The fourth-order valence-corrected chi connectivity index (χ4v) is 2.21. The van der Waals surface area contributed by atoms with Crippen molar-refractivity contribution in [1.29, 1.82) is 0 Å². The molecule has 0 saturated heterocycles. The van der Waals surface area contributed by atoms with Gasteiger partial charge >= 0.3 is 6.03 Å². The molecule has 0 fully saturated rings.